The summed E-state index contributed by atoms with van der Waals surface area (Å²) in [6, 6.07) is 8.23. The molecular weight excluding hydrogens is 351 g/mol. The van der Waals surface area contributed by atoms with Gasteiger partial charge in [-0.3, -0.25) is 0 Å². The Morgan fingerprint density at radius 3 is 2.32 bits per heavy atom. The molecule has 2 N–H and O–H groups in total. The summed E-state index contributed by atoms with van der Waals surface area (Å²) in [6.07, 6.45) is 0. The van der Waals surface area contributed by atoms with E-state index in [1.807, 2.05) is 26.0 Å². The van der Waals surface area contributed by atoms with Crippen LogP contribution in [-0.2, 0) is 0 Å². The second-order valence-electron chi connectivity index (χ2n) is 4.26. The van der Waals surface area contributed by atoms with Crippen LogP contribution in [0.3, 0.4) is 0 Å². The van der Waals surface area contributed by atoms with E-state index in [-0.39, 0.29) is 0 Å². The van der Waals surface area contributed by atoms with Gasteiger partial charge < -0.3 is 10.6 Å². The quantitative estimate of drug-likeness (QED) is 0.805. The number of nitrogens with one attached hydrogen (secondary N) is 2. The predicted octanol–water partition coefficient (Wildman–Crippen LogP) is 3.87. The second-order valence-corrected chi connectivity index (χ2v) is 5.50. The van der Waals surface area contributed by atoms with Gasteiger partial charge in [-0.25, -0.2) is 9.97 Å². The zero-order chi connectivity index (χ0) is 13.8. The molecule has 1 aromatic carbocycles. The third kappa shape index (κ3) is 3.56. The van der Waals surface area contributed by atoms with Gasteiger partial charge in [0.25, 0.3) is 0 Å². The van der Waals surface area contributed by atoms with Crippen molar-refractivity contribution in [2.24, 2.45) is 0 Å². The summed E-state index contributed by atoms with van der Waals surface area (Å²) in [5.41, 5.74) is 2.06. The number of rotatable bonds is 4. The standard InChI is InChI=1S/C14H17IN4/c1-4-16-13-9(2)14(18-10(3)17-13)19-12-7-5-11(15)6-8-12/h5-8H,4H2,1-3H3,(H2,16,17,18,19). The first-order valence-electron chi connectivity index (χ1n) is 6.22. The minimum Gasteiger partial charge on any atom is -0.370 e. The number of nitrogens with zero attached hydrogens (tertiary/aromatic N) is 2. The van der Waals surface area contributed by atoms with Crippen molar-refractivity contribution in [2.75, 3.05) is 17.2 Å². The molecule has 0 aliphatic rings. The number of anilines is 3. The molecule has 1 aromatic heterocycles. The third-order valence-electron chi connectivity index (χ3n) is 2.71. The highest BCUT2D eigenvalue weighted by molar-refractivity contribution is 14.1. The molecule has 2 aromatic rings. The summed E-state index contributed by atoms with van der Waals surface area (Å²) in [6.45, 7) is 6.83. The van der Waals surface area contributed by atoms with Crippen molar-refractivity contribution in [3.8, 4) is 0 Å². The highest BCUT2D eigenvalue weighted by Gasteiger charge is 2.08. The SMILES string of the molecule is CCNc1nc(C)nc(Nc2ccc(I)cc2)c1C. The van der Waals surface area contributed by atoms with E-state index >= 15 is 0 Å². The van der Waals surface area contributed by atoms with Crippen LogP contribution in [0.1, 0.15) is 18.3 Å². The van der Waals surface area contributed by atoms with E-state index in [1.54, 1.807) is 0 Å². The van der Waals surface area contributed by atoms with Crippen LogP contribution >= 0.6 is 22.6 Å². The van der Waals surface area contributed by atoms with Crippen LogP contribution < -0.4 is 10.6 Å². The van der Waals surface area contributed by atoms with Gasteiger partial charge in [-0.2, -0.15) is 0 Å². The van der Waals surface area contributed by atoms with Gasteiger partial charge in [0.05, 0.1) is 0 Å². The Balaban J connectivity index is 2.31. The van der Waals surface area contributed by atoms with Gasteiger partial charge in [0, 0.05) is 21.4 Å². The molecule has 0 saturated heterocycles. The molecule has 0 spiro atoms. The Hall–Kier alpha value is -1.37. The van der Waals surface area contributed by atoms with Gasteiger partial charge in [0.1, 0.15) is 17.5 Å². The minimum absolute atomic E-state index is 0.759. The molecule has 2 rings (SSSR count). The molecule has 5 heteroatoms. The fourth-order valence-electron chi connectivity index (χ4n) is 1.76. The molecule has 0 unspecified atom stereocenters. The first-order valence-corrected chi connectivity index (χ1v) is 7.29. The lowest BCUT2D eigenvalue weighted by Crippen LogP contribution is -2.07. The monoisotopic (exact) mass is 368 g/mol. The molecule has 0 fully saturated rings. The molecule has 0 aliphatic heterocycles. The van der Waals surface area contributed by atoms with Crippen LogP contribution in [0.25, 0.3) is 0 Å². The van der Waals surface area contributed by atoms with Gasteiger partial charge in [-0.1, -0.05) is 0 Å². The lowest BCUT2D eigenvalue weighted by molar-refractivity contribution is 1.02. The van der Waals surface area contributed by atoms with Gasteiger partial charge in [0.2, 0.25) is 0 Å². The average molecular weight is 368 g/mol. The lowest BCUT2D eigenvalue weighted by atomic mass is 10.2. The van der Waals surface area contributed by atoms with Gasteiger partial charge in [0.15, 0.2) is 0 Å². The van der Waals surface area contributed by atoms with E-state index in [0.29, 0.717) is 0 Å². The number of benzene rings is 1. The number of hydrogen-bond donors (Lipinski definition) is 2. The topological polar surface area (TPSA) is 49.8 Å². The number of hydrogen-bond acceptors (Lipinski definition) is 4. The molecule has 0 saturated carbocycles. The molecule has 0 aliphatic carbocycles. The van der Waals surface area contributed by atoms with E-state index < -0.39 is 0 Å². The van der Waals surface area contributed by atoms with Crippen LogP contribution in [0.2, 0.25) is 0 Å². The Morgan fingerprint density at radius 1 is 1.05 bits per heavy atom. The first-order chi connectivity index (χ1) is 9.10. The molecule has 0 atom stereocenters. The van der Waals surface area contributed by atoms with Crippen LogP contribution in [0.15, 0.2) is 24.3 Å². The molecule has 0 bridgehead atoms. The van der Waals surface area contributed by atoms with E-state index in [0.717, 1.165) is 35.3 Å². The molecular formula is C14H17IN4. The number of aromatic nitrogens is 2. The van der Waals surface area contributed by atoms with Crippen molar-refractivity contribution < 1.29 is 0 Å². The minimum atomic E-state index is 0.759. The number of halogens is 1. The van der Waals surface area contributed by atoms with E-state index in [4.69, 9.17) is 0 Å². The summed E-state index contributed by atoms with van der Waals surface area (Å²) in [4.78, 5) is 8.88. The van der Waals surface area contributed by atoms with Crippen LogP contribution in [-0.4, -0.2) is 16.5 Å². The zero-order valence-electron chi connectivity index (χ0n) is 11.3. The third-order valence-corrected chi connectivity index (χ3v) is 3.43. The first kappa shape index (κ1) is 14.0. The lowest BCUT2D eigenvalue weighted by Gasteiger charge is -2.13. The average Bonchev–Trinajstić information content (AvgIpc) is 2.38. The summed E-state index contributed by atoms with van der Waals surface area (Å²) >= 11 is 2.29. The Bertz CT molecular complexity index is 566. The maximum Gasteiger partial charge on any atom is 0.139 e. The van der Waals surface area contributed by atoms with Crippen molar-refractivity contribution >= 4 is 39.9 Å². The summed E-state index contributed by atoms with van der Waals surface area (Å²) in [5, 5.41) is 6.60. The largest absolute Gasteiger partial charge is 0.370 e. The van der Waals surface area contributed by atoms with Crippen molar-refractivity contribution in [3.05, 3.63) is 39.2 Å². The number of aryl methyl sites for hydroxylation is 1. The van der Waals surface area contributed by atoms with E-state index in [9.17, 15) is 0 Å². The predicted molar refractivity (Wildman–Crippen MR) is 88.1 cm³/mol. The highest BCUT2D eigenvalue weighted by Crippen LogP contribution is 2.23. The van der Waals surface area contributed by atoms with Gasteiger partial charge in [-0.05, 0) is 67.6 Å². The van der Waals surface area contributed by atoms with Gasteiger partial charge in [-0.15, -0.1) is 0 Å². The smallest absolute Gasteiger partial charge is 0.139 e. The fraction of sp³-hybridized carbons (Fsp3) is 0.286. The molecule has 4 nitrogen and oxygen atoms in total. The maximum atomic E-state index is 4.47. The molecule has 0 radical (unpaired) electrons. The van der Waals surface area contributed by atoms with E-state index in [1.165, 1.54) is 3.57 Å². The summed E-state index contributed by atoms with van der Waals surface area (Å²) in [5.74, 6) is 2.50. The Morgan fingerprint density at radius 2 is 1.68 bits per heavy atom. The van der Waals surface area contributed by atoms with Crippen LogP contribution in [0.4, 0.5) is 17.3 Å². The molecule has 1 heterocycles. The van der Waals surface area contributed by atoms with Crippen molar-refractivity contribution in [2.45, 2.75) is 20.8 Å². The molecule has 0 amide bonds. The van der Waals surface area contributed by atoms with Crippen LogP contribution in [0.5, 0.6) is 0 Å². The van der Waals surface area contributed by atoms with Gasteiger partial charge >= 0.3 is 0 Å². The van der Waals surface area contributed by atoms with E-state index in [2.05, 4.69) is 62.2 Å². The van der Waals surface area contributed by atoms with Crippen molar-refractivity contribution in [1.82, 2.24) is 9.97 Å². The fourth-order valence-corrected chi connectivity index (χ4v) is 2.12. The molecule has 100 valence electrons. The Kier molecular flexibility index (Phi) is 4.57. The van der Waals surface area contributed by atoms with Crippen molar-refractivity contribution in [3.63, 3.8) is 0 Å². The van der Waals surface area contributed by atoms with Crippen LogP contribution in [0, 0.1) is 17.4 Å². The summed E-state index contributed by atoms with van der Waals surface area (Å²) in [7, 11) is 0. The Labute approximate surface area is 127 Å². The summed E-state index contributed by atoms with van der Waals surface area (Å²) < 4.78 is 1.21. The second kappa shape index (κ2) is 6.18. The maximum absolute atomic E-state index is 4.47. The van der Waals surface area contributed by atoms with Crippen molar-refractivity contribution in [1.29, 1.82) is 0 Å². The normalized spacial score (nSPS) is 10.3. The zero-order valence-corrected chi connectivity index (χ0v) is 13.4. The molecule has 19 heavy (non-hydrogen) atoms. The highest BCUT2D eigenvalue weighted by atomic mass is 127.